The number of carbonyl (C=O) groups is 1. The standard InChI is InChI=1S/C23H27NO3S/c1-26-21-12-7-16(13-22(21)27-19-5-3-4-6-19)17-14-23(25)24(15-17)18-8-10-20(28-2)11-9-18/h7-13,17,19H,3-6,14-15H2,1-2H3. The lowest BCUT2D eigenvalue weighted by Gasteiger charge is -2.19. The minimum Gasteiger partial charge on any atom is -0.493 e. The lowest BCUT2D eigenvalue weighted by molar-refractivity contribution is -0.117. The van der Waals surface area contributed by atoms with Crippen molar-refractivity contribution in [2.24, 2.45) is 0 Å². The van der Waals surface area contributed by atoms with Crippen molar-refractivity contribution in [3.8, 4) is 11.5 Å². The summed E-state index contributed by atoms with van der Waals surface area (Å²) in [7, 11) is 1.68. The molecule has 148 valence electrons. The van der Waals surface area contributed by atoms with Crippen molar-refractivity contribution in [1.82, 2.24) is 0 Å². The fourth-order valence-electron chi connectivity index (χ4n) is 4.17. The van der Waals surface area contributed by atoms with Crippen molar-refractivity contribution < 1.29 is 14.3 Å². The van der Waals surface area contributed by atoms with Gasteiger partial charge in [-0.1, -0.05) is 6.07 Å². The number of rotatable bonds is 6. The highest BCUT2D eigenvalue weighted by Crippen LogP contribution is 2.38. The molecule has 1 heterocycles. The molecule has 0 radical (unpaired) electrons. The molecule has 0 N–H and O–H groups in total. The molecule has 0 spiro atoms. The summed E-state index contributed by atoms with van der Waals surface area (Å²) in [5.41, 5.74) is 2.12. The van der Waals surface area contributed by atoms with Gasteiger partial charge in [-0.25, -0.2) is 0 Å². The summed E-state index contributed by atoms with van der Waals surface area (Å²) in [4.78, 5) is 15.8. The van der Waals surface area contributed by atoms with E-state index in [4.69, 9.17) is 9.47 Å². The van der Waals surface area contributed by atoms with Crippen molar-refractivity contribution in [2.45, 2.75) is 49.0 Å². The first-order chi connectivity index (χ1) is 13.7. The van der Waals surface area contributed by atoms with Gasteiger partial charge in [0.2, 0.25) is 5.91 Å². The van der Waals surface area contributed by atoms with Gasteiger partial charge in [-0.3, -0.25) is 4.79 Å². The number of hydrogen-bond acceptors (Lipinski definition) is 4. The van der Waals surface area contributed by atoms with Crippen LogP contribution in [0.2, 0.25) is 0 Å². The zero-order chi connectivity index (χ0) is 19.5. The molecule has 2 aliphatic rings. The van der Waals surface area contributed by atoms with E-state index in [1.807, 2.05) is 23.1 Å². The number of hydrogen-bond donors (Lipinski definition) is 0. The lowest BCUT2D eigenvalue weighted by atomic mass is 9.98. The smallest absolute Gasteiger partial charge is 0.227 e. The molecule has 4 rings (SSSR count). The Labute approximate surface area is 171 Å². The highest BCUT2D eigenvalue weighted by molar-refractivity contribution is 7.98. The molecule has 2 fully saturated rings. The predicted octanol–water partition coefficient (Wildman–Crippen LogP) is 5.26. The molecule has 0 bridgehead atoms. The summed E-state index contributed by atoms with van der Waals surface area (Å²) in [5.74, 6) is 1.92. The van der Waals surface area contributed by atoms with Crippen LogP contribution in [0.25, 0.3) is 0 Å². The Balaban J connectivity index is 1.52. The van der Waals surface area contributed by atoms with E-state index >= 15 is 0 Å². The zero-order valence-electron chi connectivity index (χ0n) is 16.5. The molecule has 28 heavy (non-hydrogen) atoms. The topological polar surface area (TPSA) is 38.8 Å². The molecule has 1 aliphatic carbocycles. The van der Waals surface area contributed by atoms with E-state index in [2.05, 4.69) is 30.5 Å². The number of nitrogens with zero attached hydrogens (tertiary/aromatic N) is 1. The SMILES string of the molecule is COc1ccc(C2CC(=O)N(c3ccc(SC)cc3)C2)cc1OC1CCCC1. The van der Waals surface area contributed by atoms with Crippen LogP contribution in [-0.2, 0) is 4.79 Å². The van der Waals surface area contributed by atoms with Gasteiger partial charge in [-0.15, -0.1) is 11.8 Å². The second kappa shape index (κ2) is 8.48. The molecule has 1 atom stereocenters. The van der Waals surface area contributed by atoms with Crippen LogP contribution < -0.4 is 14.4 Å². The quantitative estimate of drug-likeness (QED) is 0.623. The Bertz CT molecular complexity index is 830. The zero-order valence-corrected chi connectivity index (χ0v) is 17.3. The Kier molecular flexibility index (Phi) is 5.81. The van der Waals surface area contributed by atoms with E-state index in [1.165, 1.54) is 17.7 Å². The molecule has 4 nitrogen and oxygen atoms in total. The van der Waals surface area contributed by atoms with Gasteiger partial charge in [0.1, 0.15) is 0 Å². The number of anilines is 1. The summed E-state index contributed by atoms with van der Waals surface area (Å²) < 4.78 is 11.7. The maximum atomic E-state index is 12.7. The van der Waals surface area contributed by atoms with E-state index in [9.17, 15) is 4.79 Å². The Hall–Kier alpha value is -2.14. The van der Waals surface area contributed by atoms with Gasteiger partial charge >= 0.3 is 0 Å². The fourth-order valence-corrected chi connectivity index (χ4v) is 4.58. The van der Waals surface area contributed by atoms with Gasteiger partial charge in [-0.05, 0) is 73.9 Å². The molecular weight excluding hydrogens is 370 g/mol. The minimum atomic E-state index is 0.171. The van der Waals surface area contributed by atoms with Crippen molar-refractivity contribution in [2.75, 3.05) is 24.8 Å². The largest absolute Gasteiger partial charge is 0.493 e. The molecule has 0 aromatic heterocycles. The number of ether oxygens (including phenoxy) is 2. The van der Waals surface area contributed by atoms with E-state index < -0.39 is 0 Å². The molecule has 1 saturated carbocycles. The van der Waals surface area contributed by atoms with Crippen LogP contribution in [0.1, 0.15) is 43.6 Å². The molecule has 2 aromatic rings. The monoisotopic (exact) mass is 397 g/mol. The summed E-state index contributed by atoms with van der Waals surface area (Å²) >= 11 is 1.71. The molecule has 1 amide bonds. The summed E-state index contributed by atoms with van der Waals surface area (Å²) in [5, 5.41) is 0. The summed E-state index contributed by atoms with van der Waals surface area (Å²) in [6.45, 7) is 0.701. The first-order valence-corrected chi connectivity index (χ1v) is 11.2. The van der Waals surface area contributed by atoms with E-state index in [0.29, 0.717) is 13.0 Å². The average Bonchev–Trinajstić information content (AvgIpc) is 3.37. The second-order valence-electron chi connectivity index (χ2n) is 7.54. The third-order valence-electron chi connectivity index (χ3n) is 5.76. The van der Waals surface area contributed by atoms with Gasteiger partial charge in [0.15, 0.2) is 11.5 Å². The van der Waals surface area contributed by atoms with Crippen LogP contribution in [0, 0.1) is 0 Å². The maximum Gasteiger partial charge on any atom is 0.227 e. The number of benzene rings is 2. The molecule has 1 unspecified atom stereocenters. The lowest BCUT2D eigenvalue weighted by Crippen LogP contribution is -2.24. The summed E-state index contributed by atoms with van der Waals surface area (Å²) in [6.07, 6.45) is 7.54. The number of thioether (sulfide) groups is 1. The van der Waals surface area contributed by atoms with E-state index in [0.717, 1.165) is 35.6 Å². The third-order valence-corrected chi connectivity index (χ3v) is 6.51. The van der Waals surface area contributed by atoms with Crippen LogP contribution in [0.3, 0.4) is 0 Å². The minimum absolute atomic E-state index is 0.171. The van der Waals surface area contributed by atoms with Crippen LogP contribution in [0.4, 0.5) is 5.69 Å². The van der Waals surface area contributed by atoms with E-state index in [1.54, 1.807) is 18.9 Å². The Morgan fingerprint density at radius 1 is 1.04 bits per heavy atom. The van der Waals surface area contributed by atoms with Crippen molar-refractivity contribution in [3.63, 3.8) is 0 Å². The molecule has 2 aromatic carbocycles. The Morgan fingerprint density at radius 2 is 1.79 bits per heavy atom. The van der Waals surface area contributed by atoms with Crippen molar-refractivity contribution in [1.29, 1.82) is 0 Å². The van der Waals surface area contributed by atoms with Crippen LogP contribution in [-0.4, -0.2) is 31.9 Å². The predicted molar refractivity (Wildman–Crippen MR) is 114 cm³/mol. The van der Waals surface area contributed by atoms with Crippen LogP contribution in [0.5, 0.6) is 11.5 Å². The average molecular weight is 398 g/mol. The molecule has 1 aliphatic heterocycles. The number of carbonyl (C=O) groups excluding carboxylic acids is 1. The van der Waals surface area contributed by atoms with Crippen LogP contribution >= 0.6 is 11.8 Å². The van der Waals surface area contributed by atoms with Crippen molar-refractivity contribution in [3.05, 3.63) is 48.0 Å². The Morgan fingerprint density at radius 3 is 2.46 bits per heavy atom. The van der Waals surface area contributed by atoms with Gasteiger partial charge < -0.3 is 14.4 Å². The normalized spacial score (nSPS) is 20.0. The highest BCUT2D eigenvalue weighted by atomic mass is 32.2. The fraction of sp³-hybridized carbons (Fsp3) is 0.435. The first kappa shape index (κ1) is 19.2. The van der Waals surface area contributed by atoms with Crippen LogP contribution in [0.15, 0.2) is 47.4 Å². The molecule has 1 saturated heterocycles. The second-order valence-corrected chi connectivity index (χ2v) is 8.42. The molecule has 5 heteroatoms. The van der Waals surface area contributed by atoms with Gasteiger partial charge in [0.05, 0.1) is 13.2 Å². The molecular formula is C23H27NO3S. The summed E-state index contributed by atoms with van der Waals surface area (Å²) in [6, 6.07) is 14.3. The third kappa shape index (κ3) is 4.00. The first-order valence-electron chi connectivity index (χ1n) is 9.97. The van der Waals surface area contributed by atoms with Crippen molar-refractivity contribution >= 4 is 23.4 Å². The maximum absolute atomic E-state index is 12.7. The highest BCUT2D eigenvalue weighted by Gasteiger charge is 2.32. The van der Waals surface area contributed by atoms with E-state index in [-0.39, 0.29) is 17.9 Å². The van der Waals surface area contributed by atoms with Gasteiger partial charge in [0, 0.05) is 29.5 Å². The van der Waals surface area contributed by atoms with Gasteiger partial charge in [0.25, 0.3) is 0 Å². The number of methoxy groups -OCH3 is 1. The number of amides is 1. The van der Waals surface area contributed by atoms with Gasteiger partial charge in [-0.2, -0.15) is 0 Å².